The Morgan fingerprint density at radius 2 is 1.95 bits per heavy atom. The van der Waals surface area contributed by atoms with Gasteiger partial charge in [0.05, 0.1) is 17.6 Å². The lowest BCUT2D eigenvalue weighted by Gasteiger charge is -2.37. The molecule has 0 bridgehead atoms. The molecule has 0 spiro atoms. The average molecular weight is 294 g/mol. The predicted octanol–water partition coefficient (Wildman–Crippen LogP) is 2.32. The second-order valence-corrected chi connectivity index (χ2v) is 5.60. The van der Waals surface area contributed by atoms with Crippen LogP contribution in [0.3, 0.4) is 0 Å². The predicted molar refractivity (Wildman–Crippen MR) is 76.3 cm³/mol. The van der Waals surface area contributed by atoms with Crippen LogP contribution in [0.4, 0.5) is 10.1 Å². The zero-order valence-electron chi connectivity index (χ0n) is 11.7. The zero-order chi connectivity index (χ0) is 15.5. The van der Waals surface area contributed by atoms with E-state index in [0.29, 0.717) is 12.8 Å². The van der Waals surface area contributed by atoms with Crippen molar-refractivity contribution in [1.29, 1.82) is 0 Å². The van der Waals surface area contributed by atoms with E-state index in [0.717, 1.165) is 25.3 Å². The lowest BCUT2D eigenvalue weighted by Crippen LogP contribution is -2.51. The molecular formula is C15H19FN2O3. The third-order valence-electron chi connectivity index (χ3n) is 3.94. The molecule has 1 amide bonds. The highest BCUT2D eigenvalue weighted by atomic mass is 19.1. The van der Waals surface area contributed by atoms with Gasteiger partial charge in [-0.3, -0.25) is 9.59 Å². The summed E-state index contributed by atoms with van der Waals surface area (Å²) in [7, 11) is 0. The molecule has 114 valence electrons. The van der Waals surface area contributed by atoms with Crippen LogP contribution in [0.2, 0.25) is 0 Å². The fourth-order valence-electron chi connectivity index (χ4n) is 2.85. The number of carbonyl (C=O) groups excluding carboxylic acids is 1. The first kappa shape index (κ1) is 15.3. The number of nitrogens with one attached hydrogen (secondary N) is 1. The Hall–Kier alpha value is -2.11. The summed E-state index contributed by atoms with van der Waals surface area (Å²) in [6.07, 6.45) is 3.93. The van der Waals surface area contributed by atoms with E-state index in [1.807, 2.05) is 0 Å². The molecule has 21 heavy (non-hydrogen) atoms. The highest BCUT2D eigenvalue weighted by molar-refractivity contribution is 5.95. The van der Waals surface area contributed by atoms with E-state index in [-0.39, 0.29) is 17.7 Å². The Kier molecular flexibility index (Phi) is 4.45. The van der Waals surface area contributed by atoms with Crippen LogP contribution in [0.25, 0.3) is 0 Å². The maximum atomic E-state index is 13.4. The van der Waals surface area contributed by atoms with Gasteiger partial charge in [0, 0.05) is 5.56 Å². The number of hydrogen-bond donors (Lipinski definition) is 3. The van der Waals surface area contributed by atoms with Crippen molar-refractivity contribution in [2.45, 2.75) is 44.1 Å². The molecule has 2 rings (SSSR count). The Morgan fingerprint density at radius 3 is 2.52 bits per heavy atom. The summed E-state index contributed by atoms with van der Waals surface area (Å²) in [5, 5.41) is 11.9. The summed E-state index contributed by atoms with van der Waals surface area (Å²) in [5.41, 5.74) is 4.77. The molecule has 1 aromatic rings. The molecule has 6 heteroatoms. The van der Waals surface area contributed by atoms with Crippen LogP contribution in [-0.4, -0.2) is 22.5 Å². The first-order valence-corrected chi connectivity index (χ1v) is 7.01. The normalized spacial score (nSPS) is 17.2. The molecule has 0 unspecified atom stereocenters. The number of carboxylic acid groups (broad SMARTS) is 1. The maximum absolute atomic E-state index is 13.4. The number of rotatable bonds is 4. The summed E-state index contributed by atoms with van der Waals surface area (Å²) in [5.74, 6) is -2.06. The van der Waals surface area contributed by atoms with Gasteiger partial charge in [0.15, 0.2) is 0 Å². The number of anilines is 1. The molecule has 0 aliphatic heterocycles. The van der Waals surface area contributed by atoms with E-state index in [1.165, 1.54) is 12.1 Å². The minimum absolute atomic E-state index is 0.0236. The van der Waals surface area contributed by atoms with Crippen LogP contribution in [0.1, 0.15) is 48.9 Å². The molecule has 1 fully saturated rings. The van der Waals surface area contributed by atoms with Crippen LogP contribution in [0.5, 0.6) is 0 Å². The monoisotopic (exact) mass is 294 g/mol. The van der Waals surface area contributed by atoms with Gasteiger partial charge in [-0.1, -0.05) is 19.3 Å². The topological polar surface area (TPSA) is 92.4 Å². The molecule has 1 aromatic carbocycles. The summed E-state index contributed by atoms with van der Waals surface area (Å²) in [6.45, 7) is 0. The van der Waals surface area contributed by atoms with Crippen LogP contribution in [0, 0.1) is 5.82 Å². The van der Waals surface area contributed by atoms with Crippen molar-refractivity contribution >= 4 is 17.6 Å². The summed E-state index contributed by atoms with van der Waals surface area (Å²) in [6, 6.07) is 3.84. The van der Waals surface area contributed by atoms with Crippen LogP contribution < -0.4 is 11.1 Å². The second kappa shape index (κ2) is 6.11. The van der Waals surface area contributed by atoms with E-state index in [4.69, 9.17) is 10.8 Å². The average Bonchev–Trinajstić information content (AvgIpc) is 2.41. The molecule has 0 aromatic heterocycles. The Balaban J connectivity index is 2.17. The van der Waals surface area contributed by atoms with E-state index in [9.17, 15) is 14.0 Å². The quantitative estimate of drug-likeness (QED) is 0.743. The number of carbonyl (C=O) groups is 2. The summed E-state index contributed by atoms with van der Waals surface area (Å²) in [4.78, 5) is 23.3. The molecule has 0 radical (unpaired) electrons. The van der Waals surface area contributed by atoms with Crippen LogP contribution in [0.15, 0.2) is 18.2 Å². The Morgan fingerprint density at radius 1 is 1.29 bits per heavy atom. The number of amides is 1. The molecule has 0 heterocycles. The molecule has 1 aliphatic carbocycles. The first-order chi connectivity index (χ1) is 9.92. The zero-order valence-corrected chi connectivity index (χ0v) is 11.7. The number of nitrogen functional groups attached to an aromatic ring is 1. The molecular weight excluding hydrogens is 275 g/mol. The minimum atomic E-state index is -0.944. The van der Waals surface area contributed by atoms with E-state index >= 15 is 0 Å². The maximum Gasteiger partial charge on any atom is 0.305 e. The van der Waals surface area contributed by atoms with Crippen molar-refractivity contribution in [3.8, 4) is 0 Å². The van der Waals surface area contributed by atoms with Gasteiger partial charge in [-0.25, -0.2) is 4.39 Å². The van der Waals surface area contributed by atoms with Crippen molar-refractivity contribution in [2.24, 2.45) is 0 Å². The summed E-state index contributed by atoms with van der Waals surface area (Å²) >= 11 is 0. The largest absolute Gasteiger partial charge is 0.481 e. The smallest absolute Gasteiger partial charge is 0.305 e. The number of aliphatic carboxylic acids is 1. The highest BCUT2D eigenvalue weighted by Crippen LogP contribution is 2.31. The number of halogens is 1. The van der Waals surface area contributed by atoms with Gasteiger partial charge in [0.2, 0.25) is 0 Å². The summed E-state index contributed by atoms with van der Waals surface area (Å²) < 4.78 is 13.4. The van der Waals surface area contributed by atoms with E-state index in [1.54, 1.807) is 0 Å². The van der Waals surface area contributed by atoms with Crippen molar-refractivity contribution in [3.63, 3.8) is 0 Å². The number of hydrogen-bond acceptors (Lipinski definition) is 3. The molecule has 4 N–H and O–H groups in total. The molecule has 0 atom stereocenters. The van der Waals surface area contributed by atoms with Crippen molar-refractivity contribution < 1.29 is 19.1 Å². The van der Waals surface area contributed by atoms with Gasteiger partial charge in [0.25, 0.3) is 5.91 Å². The fraction of sp³-hybridized carbons (Fsp3) is 0.467. The number of carboxylic acids is 1. The molecule has 1 aliphatic rings. The second-order valence-electron chi connectivity index (χ2n) is 5.60. The van der Waals surface area contributed by atoms with E-state index in [2.05, 4.69) is 5.32 Å². The lowest BCUT2D eigenvalue weighted by molar-refractivity contribution is -0.139. The van der Waals surface area contributed by atoms with Crippen LogP contribution >= 0.6 is 0 Å². The number of nitrogens with two attached hydrogens (primary N) is 1. The fourth-order valence-corrected chi connectivity index (χ4v) is 2.85. The van der Waals surface area contributed by atoms with Gasteiger partial charge in [0.1, 0.15) is 5.82 Å². The highest BCUT2D eigenvalue weighted by Gasteiger charge is 2.36. The minimum Gasteiger partial charge on any atom is -0.481 e. The van der Waals surface area contributed by atoms with Gasteiger partial charge >= 0.3 is 5.97 Å². The lowest BCUT2D eigenvalue weighted by atomic mass is 9.79. The standard InChI is InChI=1S/C15H19FN2O3/c16-11-8-10(4-5-12(11)17)14(21)18-15(9-13(19)20)6-2-1-3-7-15/h4-5,8H,1-3,6-7,9,17H2,(H,18,21)(H,19,20). The molecule has 1 saturated carbocycles. The van der Waals surface area contributed by atoms with Gasteiger partial charge in [-0.2, -0.15) is 0 Å². The first-order valence-electron chi connectivity index (χ1n) is 7.01. The van der Waals surface area contributed by atoms with Gasteiger partial charge in [-0.15, -0.1) is 0 Å². The third-order valence-corrected chi connectivity index (χ3v) is 3.94. The third kappa shape index (κ3) is 3.71. The van der Waals surface area contributed by atoms with Crippen molar-refractivity contribution in [2.75, 3.05) is 5.73 Å². The molecule has 5 nitrogen and oxygen atoms in total. The van der Waals surface area contributed by atoms with Crippen molar-refractivity contribution in [1.82, 2.24) is 5.32 Å². The Bertz CT molecular complexity index is 554. The van der Waals surface area contributed by atoms with Crippen LogP contribution in [-0.2, 0) is 4.79 Å². The molecule has 0 saturated heterocycles. The van der Waals surface area contributed by atoms with Gasteiger partial charge < -0.3 is 16.2 Å². The van der Waals surface area contributed by atoms with E-state index < -0.39 is 23.2 Å². The number of benzene rings is 1. The Labute approximate surface area is 122 Å². The van der Waals surface area contributed by atoms with Gasteiger partial charge in [-0.05, 0) is 31.0 Å². The van der Waals surface area contributed by atoms with Crippen molar-refractivity contribution in [3.05, 3.63) is 29.6 Å². The SMILES string of the molecule is Nc1ccc(C(=O)NC2(CC(=O)O)CCCCC2)cc1F.